The predicted molar refractivity (Wildman–Crippen MR) is 102 cm³/mol. The number of halogens is 1. The van der Waals surface area contributed by atoms with Crippen molar-refractivity contribution in [3.8, 4) is 40.1 Å². The van der Waals surface area contributed by atoms with E-state index < -0.39 is 5.82 Å². The minimum Gasteiger partial charge on any atom is -0.497 e. The Balaban J connectivity index is 1.53. The lowest BCUT2D eigenvalue weighted by molar-refractivity contribution is 0.373. The second-order valence-corrected chi connectivity index (χ2v) is 6.14. The summed E-state index contributed by atoms with van der Waals surface area (Å²) >= 11 is 0. The van der Waals surface area contributed by atoms with Gasteiger partial charge >= 0.3 is 0 Å². The van der Waals surface area contributed by atoms with Gasteiger partial charge in [-0.05, 0) is 30.3 Å². The average molecular weight is 412 g/mol. The lowest BCUT2D eigenvalue weighted by Crippen LogP contribution is -1.91. The van der Waals surface area contributed by atoms with E-state index >= 15 is 0 Å². The SMILES string of the molecule is COc1cc(OC)cc(-c2nnc(Cc3nc(-c4ccc(OC)c(F)c4)no3)o2)c1. The molecular weight excluding hydrogens is 395 g/mol. The van der Waals surface area contributed by atoms with Crippen LogP contribution in [-0.4, -0.2) is 41.7 Å². The van der Waals surface area contributed by atoms with Crippen molar-refractivity contribution in [1.82, 2.24) is 20.3 Å². The molecule has 0 aliphatic heterocycles. The van der Waals surface area contributed by atoms with Crippen molar-refractivity contribution in [2.24, 2.45) is 0 Å². The van der Waals surface area contributed by atoms with Crippen molar-refractivity contribution >= 4 is 0 Å². The lowest BCUT2D eigenvalue weighted by atomic mass is 10.2. The first-order valence-electron chi connectivity index (χ1n) is 8.82. The Hall–Kier alpha value is -3.95. The summed E-state index contributed by atoms with van der Waals surface area (Å²) in [6.45, 7) is 0. The standard InChI is InChI=1S/C20H17FN4O5/c1-26-13-6-12(7-14(9-13)27-2)20-24-23-18(29-20)10-17-22-19(25-30-17)11-4-5-16(28-3)15(21)8-11/h4-9H,10H2,1-3H3. The molecule has 0 bridgehead atoms. The van der Waals surface area contributed by atoms with Gasteiger partial charge in [-0.25, -0.2) is 4.39 Å². The van der Waals surface area contributed by atoms with Crippen LogP contribution in [0, 0.1) is 5.82 Å². The van der Waals surface area contributed by atoms with Crippen LogP contribution >= 0.6 is 0 Å². The number of nitrogens with zero attached hydrogens (tertiary/aromatic N) is 4. The third kappa shape index (κ3) is 3.93. The molecule has 10 heteroatoms. The van der Waals surface area contributed by atoms with Gasteiger partial charge in [-0.3, -0.25) is 0 Å². The number of aromatic nitrogens is 4. The zero-order valence-corrected chi connectivity index (χ0v) is 16.4. The molecule has 0 radical (unpaired) electrons. The average Bonchev–Trinajstić information content (AvgIpc) is 3.43. The third-order valence-corrected chi connectivity index (χ3v) is 4.25. The lowest BCUT2D eigenvalue weighted by Gasteiger charge is -2.05. The highest BCUT2D eigenvalue weighted by Gasteiger charge is 2.16. The quantitative estimate of drug-likeness (QED) is 0.450. The molecule has 0 saturated carbocycles. The molecule has 2 heterocycles. The normalized spacial score (nSPS) is 10.8. The van der Waals surface area contributed by atoms with E-state index in [4.69, 9.17) is 23.2 Å². The molecular formula is C20H17FN4O5. The summed E-state index contributed by atoms with van der Waals surface area (Å²) in [7, 11) is 4.50. The summed E-state index contributed by atoms with van der Waals surface area (Å²) in [5.74, 6) is 1.87. The van der Waals surface area contributed by atoms with Crippen LogP contribution in [0.4, 0.5) is 4.39 Å². The number of benzene rings is 2. The van der Waals surface area contributed by atoms with E-state index in [-0.39, 0.29) is 29.8 Å². The molecule has 2 aromatic carbocycles. The Morgan fingerprint density at radius 1 is 0.867 bits per heavy atom. The Morgan fingerprint density at radius 2 is 1.63 bits per heavy atom. The van der Waals surface area contributed by atoms with Gasteiger partial charge in [-0.1, -0.05) is 5.16 Å². The zero-order valence-electron chi connectivity index (χ0n) is 16.4. The van der Waals surface area contributed by atoms with Crippen LogP contribution in [0.15, 0.2) is 45.3 Å². The molecule has 0 aliphatic rings. The molecule has 2 aromatic heterocycles. The summed E-state index contributed by atoms with van der Waals surface area (Å²) in [4.78, 5) is 4.26. The maximum Gasteiger partial charge on any atom is 0.248 e. The monoisotopic (exact) mass is 412 g/mol. The largest absolute Gasteiger partial charge is 0.497 e. The van der Waals surface area contributed by atoms with Crippen LogP contribution < -0.4 is 14.2 Å². The van der Waals surface area contributed by atoms with Gasteiger partial charge in [0, 0.05) is 17.2 Å². The summed E-state index contributed by atoms with van der Waals surface area (Å²) in [5, 5.41) is 11.9. The van der Waals surface area contributed by atoms with Gasteiger partial charge < -0.3 is 23.2 Å². The van der Waals surface area contributed by atoms with E-state index in [1.165, 1.54) is 19.2 Å². The first-order valence-corrected chi connectivity index (χ1v) is 8.82. The van der Waals surface area contributed by atoms with Crippen LogP contribution in [0.1, 0.15) is 11.8 Å². The fraction of sp³-hybridized carbons (Fsp3) is 0.200. The van der Waals surface area contributed by atoms with Crippen LogP contribution in [-0.2, 0) is 6.42 Å². The molecule has 0 aliphatic carbocycles. The van der Waals surface area contributed by atoms with Gasteiger partial charge in [-0.15, -0.1) is 10.2 Å². The molecule has 4 rings (SSSR count). The molecule has 0 saturated heterocycles. The molecule has 9 nitrogen and oxygen atoms in total. The Morgan fingerprint density at radius 3 is 2.30 bits per heavy atom. The van der Waals surface area contributed by atoms with Crippen LogP contribution in [0.5, 0.6) is 17.2 Å². The summed E-state index contributed by atoms with van der Waals surface area (Å²) in [6, 6.07) is 9.65. The van der Waals surface area contributed by atoms with Crippen LogP contribution in [0.3, 0.4) is 0 Å². The fourth-order valence-corrected chi connectivity index (χ4v) is 2.75. The molecule has 30 heavy (non-hydrogen) atoms. The Labute approximate surface area is 170 Å². The zero-order chi connectivity index (χ0) is 21.1. The van der Waals surface area contributed by atoms with E-state index in [0.29, 0.717) is 28.5 Å². The topological polar surface area (TPSA) is 106 Å². The second-order valence-electron chi connectivity index (χ2n) is 6.14. The Kier molecular flexibility index (Phi) is 5.29. The number of ether oxygens (including phenoxy) is 3. The summed E-state index contributed by atoms with van der Waals surface area (Å²) < 4.78 is 40.2. The molecule has 0 unspecified atom stereocenters. The van der Waals surface area contributed by atoms with E-state index in [9.17, 15) is 4.39 Å². The van der Waals surface area contributed by atoms with E-state index in [1.54, 1.807) is 38.5 Å². The minimum atomic E-state index is -0.517. The first-order chi connectivity index (χ1) is 14.6. The molecule has 154 valence electrons. The highest BCUT2D eigenvalue weighted by molar-refractivity contribution is 5.59. The number of hydrogen-bond acceptors (Lipinski definition) is 9. The van der Waals surface area contributed by atoms with E-state index in [2.05, 4.69) is 20.3 Å². The number of hydrogen-bond donors (Lipinski definition) is 0. The predicted octanol–water partition coefficient (Wildman–Crippen LogP) is 3.54. The first kappa shape index (κ1) is 19.4. The van der Waals surface area contributed by atoms with E-state index in [1.807, 2.05) is 0 Å². The van der Waals surface area contributed by atoms with Crippen LogP contribution in [0.2, 0.25) is 0 Å². The molecule has 0 atom stereocenters. The fourth-order valence-electron chi connectivity index (χ4n) is 2.75. The van der Waals surface area contributed by atoms with Gasteiger partial charge in [0.15, 0.2) is 11.6 Å². The molecule has 4 aromatic rings. The van der Waals surface area contributed by atoms with Crippen molar-refractivity contribution in [3.05, 3.63) is 54.0 Å². The summed E-state index contributed by atoms with van der Waals surface area (Å²) in [5.41, 5.74) is 1.10. The minimum absolute atomic E-state index is 0.125. The van der Waals surface area contributed by atoms with Gasteiger partial charge in [0.05, 0.1) is 21.3 Å². The molecule has 0 spiro atoms. The van der Waals surface area contributed by atoms with Crippen molar-refractivity contribution in [3.63, 3.8) is 0 Å². The van der Waals surface area contributed by atoms with Gasteiger partial charge in [-0.2, -0.15) is 4.98 Å². The van der Waals surface area contributed by atoms with E-state index in [0.717, 1.165) is 0 Å². The van der Waals surface area contributed by atoms with Gasteiger partial charge in [0.1, 0.15) is 17.9 Å². The highest BCUT2D eigenvalue weighted by Crippen LogP contribution is 2.29. The third-order valence-electron chi connectivity index (χ3n) is 4.25. The number of methoxy groups -OCH3 is 3. The summed E-state index contributed by atoms with van der Waals surface area (Å²) in [6.07, 6.45) is 0.125. The van der Waals surface area contributed by atoms with Gasteiger partial charge in [0.25, 0.3) is 0 Å². The van der Waals surface area contributed by atoms with Crippen LogP contribution in [0.25, 0.3) is 22.8 Å². The molecule has 0 N–H and O–H groups in total. The highest BCUT2D eigenvalue weighted by atomic mass is 19.1. The van der Waals surface area contributed by atoms with Crippen molar-refractivity contribution in [2.45, 2.75) is 6.42 Å². The maximum atomic E-state index is 13.9. The molecule has 0 amide bonds. The van der Waals surface area contributed by atoms with Crippen molar-refractivity contribution in [1.29, 1.82) is 0 Å². The van der Waals surface area contributed by atoms with Crippen molar-refractivity contribution < 1.29 is 27.5 Å². The van der Waals surface area contributed by atoms with Gasteiger partial charge in [0.2, 0.25) is 23.5 Å². The van der Waals surface area contributed by atoms with Crippen molar-refractivity contribution in [2.75, 3.05) is 21.3 Å². The molecule has 0 fully saturated rings. The Bertz CT molecular complexity index is 1150. The maximum absolute atomic E-state index is 13.9. The second kappa shape index (κ2) is 8.19. The number of rotatable bonds is 7. The smallest absolute Gasteiger partial charge is 0.248 e.